The fourth-order valence-corrected chi connectivity index (χ4v) is 2.99. The summed E-state index contributed by atoms with van der Waals surface area (Å²) < 4.78 is 91.8. The molecule has 0 saturated carbocycles. The maximum atomic E-state index is 13.4. The van der Waals surface area contributed by atoms with Crippen molar-refractivity contribution in [3.05, 3.63) is 47.8 Å². The summed E-state index contributed by atoms with van der Waals surface area (Å²) in [6.07, 6.45) is 0. The Labute approximate surface area is 148 Å². The molecule has 3 rings (SSSR count). The molecular formula is C15H13F7N4S. The van der Waals surface area contributed by atoms with E-state index in [1.54, 1.807) is 6.92 Å². The fraction of sp³-hybridized carbons (Fsp3) is 0.200. The summed E-state index contributed by atoms with van der Waals surface area (Å²) in [6, 6.07) is 5.12. The summed E-state index contributed by atoms with van der Waals surface area (Å²) in [5.74, 6) is -3.89. The Morgan fingerprint density at radius 1 is 1.00 bits per heavy atom. The lowest BCUT2D eigenvalue weighted by atomic mass is 10.2. The quantitative estimate of drug-likeness (QED) is 0.492. The van der Waals surface area contributed by atoms with Crippen LogP contribution in [-0.2, 0) is 5.92 Å². The van der Waals surface area contributed by atoms with Gasteiger partial charge < -0.3 is 5.32 Å². The first-order chi connectivity index (χ1) is 12.0. The number of halogens is 7. The van der Waals surface area contributed by atoms with E-state index in [0.29, 0.717) is 12.5 Å². The third-order valence-electron chi connectivity index (χ3n) is 3.55. The second kappa shape index (κ2) is 5.06. The third-order valence-corrected chi connectivity index (χ3v) is 4.71. The van der Waals surface area contributed by atoms with Crippen LogP contribution >= 0.6 is 10.2 Å². The number of rotatable bonds is 4. The minimum absolute atomic E-state index is 0.0350. The topological polar surface area (TPSA) is 42.2 Å². The van der Waals surface area contributed by atoms with Gasteiger partial charge in [-0.2, -0.15) is 13.3 Å². The lowest BCUT2D eigenvalue weighted by molar-refractivity contribution is 0.00801. The van der Waals surface area contributed by atoms with Gasteiger partial charge in [0.25, 0.3) is 0 Å². The molecular weight excluding hydrogens is 401 g/mol. The molecule has 0 saturated heterocycles. The number of benzene rings is 1. The van der Waals surface area contributed by atoms with Crippen molar-refractivity contribution in [2.24, 2.45) is 0 Å². The summed E-state index contributed by atoms with van der Waals surface area (Å²) in [4.78, 5) is 1.71. The minimum Gasteiger partial charge on any atom is -0.340 e. The molecule has 12 heteroatoms. The van der Waals surface area contributed by atoms with Crippen molar-refractivity contribution >= 4 is 27.4 Å². The number of nitrogens with one attached hydrogen (secondary N) is 1. The van der Waals surface area contributed by atoms with Gasteiger partial charge >= 0.3 is 16.1 Å². The third kappa shape index (κ3) is 4.10. The second-order valence-corrected chi connectivity index (χ2v) is 8.54. The van der Waals surface area contributed by atoms with Crippen LogP contribution in [-0.4, -0.2) is 14.6 Å². The van der Waals surface area contributed by atoms with E-state index in [1.165, 1.54) is 12.1 Å². The summed E-state index contributed by atoms with van der Waals surface area (Å²) in [5.41, 5.74) is 0.748. The van der Waals surface area contributed by atoms with Crippen LogP contribution in [0.4, 0.5) is 39.7 Å². The average molecular weight is 414 g/mol. The number of anilines is 2. The van der Waals surface area contributed by atoms with Gasteiger partial charge in [0.2, 0.25) is 5.82 Å². The van der Waals surface area contributed by atoms with Gasteiger partial charge in [0.15, 0.2) is 5.65 Å². The summed E-state index contributed by atoms with van der Waals surface area (Å²) in [7, 11) is -9.77. The van der Waals surface area contributed by atoms with Crippen molar-refractivity contribution < 1.29 is 28.2 Å². The zero-order valence-electron chi connectivity index (χ0n) is 13.9. The van der Waals surface area contributed by atoms with E-state index in [-0.39, 0.29) is 29.3 Å². The average Bonchev–Trinajstić information content (AvgIpc) is 2.89. The number of hydrogen-bond acceptors (Lipinski definition) is 3. The molecule has 0 spiro atoms. The Kier molecular flexibility index (Phi) is 3.61. The molecule has 0 amide bonds. The van der Waals surface area contributed by atoms with Crippen LogP contribution in [0.15, 0.2) is 41.3 Å². The first kappa shape index (κ1) is 19.3. The Hall–Kier alpha value is -2.50. The van der Waals surface area contributed by atoms with Gasteiger partial charge in [-0.15, -0.1) is 5.10 Å². The molecule has 0 unspecified atom stereocenters. The van der Waals surface area contributed by atoms with Gasteiger partial charge in [-0.05, 0) is 48.9 Å². The maximum absolute atomic E-state index is 13.4. The Bertz CT molecular complexity index is 1020. The molecule has 0 aliphatic heterocycles. The zero-order valence-corrected chi connectivity index (χ0v) is 14.7. The van der Waals surface area contributed by atoms with Gasteiger partial charge in [-0.1, -0.05) is 19.4 Å². The number of nitrogens with zero attached hydrogens (tertiary/aromatic N) is 3. The monoisotopic (exact) mass is 414 g/mol. The van der Waals surface area contributed by atoms with E-state index in [0.717, 1.165) is 16.6 Å². The maximum Gasteiger partial charge on any atom is 0.310 e. The second-order valence-electron chi connectivity index (χ2n) is 6.13. The number of pyridine rings is 1. The van der Waals surface area contributed by atoms with Crippen LogP contribution in [0, 0.1) is 6.92 Å². The predicted molar refractivity (Wildman–Crippen MR) is 88.4 cm³/mol. The van der Waals surface area contributed by atoms with E-state index >= 15 is 0 Å². The number of aromatic nitrogens is 3. The van der Waals surface area contributed by atoms with Gasteiger partial charge in [0.05, 0.1) is 0 Å². The number of alkyl halides is 2. The van der Waals surface area contributed by atoms with Crippen molar-refractivity contribution in [1.82, 2.24) is 14.6 Å². The number of fused-ring (bicyclic) bond motifs is 1. The Morgan fingerprint density at radius 3 is 2.11 bits per heavy atom. The summed E-state index contributed by atoms with van der Waals surface area (Å²) in [6.45, 7) is 2.28. The normalized spacial score (nSPS) is 15.4. The highest BCUT2D eigenvalue weighted by Crippen LogP contribution is 3.02. The number of hydrogen-bond donors (Lipinski definition) is 1. The Balaban J connectivity index is 2.01. The molecule has 0 fully saturated rings. The molecule has 0 radical (unpaired) electrons. The van der Waals surface area contributed by atoms with Crippen LogP contribution in [0.5, 0.6) is 0 Å². The first-order valence-corrected chi connectivity index (χ1v) is 9.35. The van der Waals surface area contributed by atoms with Crippen LogP contribution in [0.1, 0.15) is 18.3 Å². The molecule has 148 valence electrons. The van der Waals surface area contributed by atoms with E-state index < -0.39 is 26.9 Å². The molecule has 2 heterocycles. The molecule has 0 atom stereocenters. The molecule has 1 N–H and O–H groups in total. The molecule has 27 heavy (non-hydrogen) atoms. The highest BCUT2D eigenvalue weighted by atomic mass is 32.5. The standard InChI is InChI=1S/C15H13F7N4S/c1-9-7-12(26-13(8-9)24-14(25-26)15(2,16)17)23-10-3-5-11(6-4-10)27(18,19,20,21)22/h3-8,23H,1-2H3. The van der Waals surface area contributed by atoms with Crippen molar-refractivity contribution in [1.29, 1.82) is 0 Å². The minimum atomic E-state index is -9.77. The van der Waals surface area contributed by atoms with Gasteiger partial charge in [-0.25, -0.2) is 4.98 Å². The lowest BCUT2D eigenvalue weighted by Crippen LogP contribution is -2.10. The highest BCUT2D eigenvalue weighted by Gasteiger charge is 2.65. The number of aryl methyl sites for hydroxylation is 1. The van der Waals surface area contributed by atoms with E-state index in [9.17, 15) is 28.2 Å². The van der Waals surface area contributed by atoms with Crippen LogP contribution in [0.3, 0.4) is 0 Å². The van der Waals surface area contributed by atoms with Gasteiger partial charge in [0.1, 0.15) is 10.7 Å². The predicted octanol–water partition coefficient (Wildman–Crippen LogP) is 6.55. The largest absolute Gasteiger partial charge is 0.340 e. The molecule has 2 aromatic heterocycles. The first-order valence-electron chi connectivity index (χ1n) is 7.40. The van der Waals surface area contributed by atoms with E-state index in [4.69, 9.17) is 0 Å². The van der Waals surface area contributed by atoms with Crippen molar-refractivity contribution in [2.75, 3.05) is 5.32 Å². The summed E-state index contributed by atoms with van der Waals surface area (Å²) in [5, 5.41) is 6.37. The van der Waals surface area contributed by atoms with Crippen LogP contribution < -0.4 is 5.32 Å². The fourth-order valence-electron chi connectivity index (χ4n) is 2.34. The van der Waals surface area contributed by atoms with Gasteiger partial charge in [0, 0.05) is 12.6 Å². The zero-order chi connectivity index (χ0) is 20.3. The SMILES string of the molecule is Cc1cc(Nc2ccc(S(F)(F)(F)(F)F)cc2)n2nc(C(C)(F)F)nc2c1. The van der Waals surface area contributed by atoms with E-state index in [2.05, 4.69) is 15.4 Å². The Morgan fingerprint density at radius 2 is 1.59 bits per heavy atom. The molecule has 1 aromatic carbocycles. The van der Waals surface area contributed by atoms with Crippen molar-refractivity contribution in [2.45, 2.75) is 24.7 Å². The van der Waals surface area contributed by atoms with Gasteiger partial charge in [-0.3, -0.25) is 0 Å². The van der Waals surface area contributed by atoms with Crippen LogP contribution in [0.25, 0.3) is 5.65 Å². The molecule has 0 bridgehead atoms. The van der Waals surface area contributed by atoms with Crippen molar-refractivity contribution in [3.63, 3.8) is 0 Å². The molecule has 0 aliphatic carbocycles. The van der Waals surface area contributed by atoms with Crippen LogP contribution in [0.2, 0.25) is 0 Å². The van der Waals surface area contributed by atoms with E-state index in [1.807, 2.05) is 0 Å². The highest BCUT2D eigenvalue weighted by molar-refractivity contribution is 8.45. The smallest absolute Gasteiger partial charge is 0.310 e. The molecule has 0 aliphatic rings. The summed E-state index contributed by atoms with van der Waals surface area (Å²) >= 11 is 0. The van der Waals surface area contributed by atoms with Crippen molar-refractivity contribution in [3.8, 4) is 0 Å². The molecule has 3 aromatic rings. The molecule has 4 nitrogen and oxygen atoms in total. The lowest BCUT2D eigenvalue weighted by Gasteiger charge is -2.40.